The molecule has 0 heterocycles. The van der Waals surface area contributed by atoms with Crippen molar-refractivity contribution in [2.75, 3.05) is 10.6 Å². The molecular formula is C17H18F2N2S. The van der Waals surface area contributed by atoms with Crippen molar-refractivity contribution in [3.63, 3.8) is 0 Å². The lowest BCUT2D eigenvalue weighted by Crippen LogP contribution is -2.23. The van der Waals surface area contributed by atoms with E-state index in [4.69, 9.17) is 12.2 Å². The van der Waals surface area contributed by atoms with Crippen LogP contribution >= 0.6 is 12.2 Å². The third kappa shape index (κ3) is 4.01. The minimum absolute atomic E-state index is 0.0552. The van der Waals surface area contributed by atoms with Crippen LogP contribution in [0.15, 0.2) is 42.5 Å². The molecule has 2 N–H and O–H groups in total. The SMILES string of the molecule is CC(C)(C)c1ccccc1NC(=S)Nc1ccc(F)cc1F. The molecule has 0 saturated carbocycles. The zero-order chi connectivity index (χ0) is 16.3. The summed E-state index contributed by atoms with van der Waals surface area (Å²) in [6, 6.07) is 11.1. The molecule has 116 valence electrons. The quantitative estimate of drug-likeness (QED) is 0.755. The summed E-state index contributed by atoms with van der Waals surface area (Å²) in [4.78, 5) is 0. The number of anilines is 2. The van der Waals surface area contributed by atoms with Crippen molar-refractivity contribution in [2.45, 2.75) is 26.2 Å². The lowest BCUT2D eigenvalue weighted by atomic mass is 9.86. The molecule has 0 fully saturated rings. The van der Waals surface area contributed by atoms with Gasteiger partial charge in [-0.2, -0.15) is 0 Å². The second-order valence-corrected chi connectivity index (χ2v) is 6.41. The molecule has 0 aliphatic carbocycles. The smallest absolute Gasteiger partial charge is 0.175 e. The fraction of sp³-hybridized carbons (Fsp3) is 0.235. The second kappa shape index (κ2) is 6.40. The molecule has 0 aromatic heterocycles. The number of halogens is 2. The van der Waals surface area contributed by atoms with Gasteiger partial charge in [0.1, 0.15) is 11.6 Å². The van der Waals surface area contributed by atoms with Gasteiger partial charge in [0.2, 0.25) is 0 Å². The van der Waals surface area contributed by atoms with Gasteiger partial charge in [0, 0.05) is 11.8 Å². The number of hydrogen-bond acceptors (Lipinski definition) is 1. The Hall–Kier alpha value is -2.01. The summed E-state index contributed by atoms with van der Waals surface area (Å²) in [6.07, 6.45) is 0. The molecule has 0 amide bonds. The Morgan fingerprint density at radius 1 is 0.955 bits per heavy atom. The van der Waals surface area contributed by atoms with Crippen LogP contribution in [0.2, 0.25) is 0 Å². The van der Waals surface area contributed by atoms with Crippen LogP contribution in [0.5, 0.6) is 0 Å². The van der Waals surface area contributed by atoms with Gasteiger partial charge in [0.15, 0.2) is 5.11 Å². The molecule has 2 nitrogen and oxygen atoms in total. The van der Waals surface area contributed by atoms with Gasteiger partial charge in [-0.3, -0.25) is 0 Å². The summed E-state index contributed by atoms with van der Waals surface area (Å²) in [5.41, 5.74) is 2.03. The molecule has 5 heteroatoms. The highest BCUT2D eigenvalue weighted by molar-refractivity contribution is 7.80. The number of benzene rings is 2. The second-order valence-electron chi connectivity index (χ2n) is 6.00. The van der Waals surface area contributed by atoms with Crippen LogP contribution in [0.4, 0.5) is 20.2 Å². The molecule has 0 unspecified atom stereocenters. The van der Waals surface area contributed by atoms with Gasteiger partial charge in [0.25, 0.3) is 0 Å². The topological polar surface area (TPSA) is 24.1 Å². The number of para-hydroxylation sites is 1. The summed E-state index contributed by atoms with van der Waals surface area (Å²) in [7, 11) is 0. The van der Waals surface area contributed by atoms with Gasteiger partial charge < -0.3 is 10.6 Å². The highest BCUT2D eigenvalue weighted by Crippen LogP contribution is 2.29. The monoisotopic (exact) mass is 320 g/mol. The normalized spacial score (nSPS) is 11.1. The molecule has 0 aliphatic rings. The van der Waals surface area contributed by atoms with Gasteiger partial charge in [-0.15, -0.1) is 0 Å². The molecule has 2 aromatic rings. The fourth-order valence-corrected chi connectivity index (χ4v) is 2.33. The molecule has 0 saturated heterocycles. The van der Waals surface area contributed by atoms with E-state index in [1.807, 2.05) is 24.3 Å². The van der Waals surface area contributed by atoms with Crippen molar-refractivity contribution in [1.29, 1.82) is 0 Å². The highest BCUT2D eigenvalue weighted by Gasteiger charge is 2.18. The van der Waals surface area contributed by atoms with E-state index in [1.165, 1.54) is 12.1 Å². The van der Waals surface area contributed by atoms with Crippen molar-refractivity contribution in [3.8, 4) is 0 Å². The summed E-state index contributed by atoms with van der Waals surface area (Å²) < 4.78 is 26.5. The zero-order valence-electron chi connectivity index (χ0n) is 12.7. The lowest BCUT2D eigenvalue weighted by molar-refractivity contribution is 0.586. The van der Waals surface area contributed by atoms with Crippen molar-refractivity contribution in [2.24, 2.45) is 0 Å². The zero-order valence-corrected chi connectivity index (χ0v) is 13.5. The average molecular weight is 320 g/mol. The Morgan fingerprint density at radius 3 is 2.23 bits per heavy atom. The summed E-state index contributed by atoms with van der Waals surface area (Å²) in [6.45, 7) is 6.30. The maximum Gasteiger partial charge on any atom is 0.175 e. The highest BCUT2D eigenvalue weighted by atomic mass is 32.1. The summed E-state index contributed by atoms with van der Waals surface area (Å²) in [5.74, 6) is -1.31. The fourth-order valence-electron chi connectivity index (χ4n) is 2.11. The molecular weight excluding hydrogens is 302 g/mol. The Morgan fingerprint density at radius 2 is 1.59 bits per heavy atom. The minimum atomic E-state index is -0.687. The molecule has 22 heavy (non-hydrogen) atoms. The number of hydrogen-bond donors (Lipinski definition) is 2. The van der Waals surface area contributed by atoms with Crippen LogP contribution in [-0.4, -0.2) is 5.11 Å². The molecule has 0 bridgehead atoms. The van der Waals surface area contributed by atoms with E-state index in [1.54, 1.807) is 0 Å². The molecule has 0 radical (unpaired) electrons. The predicted octanol–water partition coefficient (Wildman–Crippen LogP) is 5.07. The third-order valence-electron chi connectivity index (χ3n) is 3.16. The molecule has 0 atom stereocenters. The van der Waals surface area contributed by atoms with E-state index < -0.39 is 11.6 Å². The number of rotatable bonds is 2. The number of thiocarbonyl (C=S) groups is 1. The van der Waals surface area contributed by atoms with Gasteiger partial charge in [-0.05, 0) is 41.4 Å². The van der Waals surface area contributed by atoms with Crippen molar-refractivity contribution < 1.29 is 8.78 Å². The van der Waals surface area contributed by atoms with E-state index in [0.29, 0.717) is 0 Å². The van der Waals surface area contributed by atoms with Gasteiger partial charge in [-0.25, -0.2) is 8.78 Å². The maximum absolute atomic E-state index is 13.6. The van der Waals surface area contributed by atoms with Crippen LogP contribution in [-0.2, 0) is 5.41 Å². The molecule has 0 spiro atoms. The van der Waals surface area contributed by atoms with Crippen molar-refractivity contribution >= 4 is 28.7 Å². The Balaban J connectivity index is 2.16. The van der Waals surface area contributed by atoms with Gasteiger partial charge >= 0.3 is 0 Å². The number of nitrogens with one attached hydrogen (secondary N) is 2. The van der Waals surface area contributed by atoms with E-state index >= 15 is 0 Å². The van der Waals surface area contributed by atoms with E-state index in [0.717, 1.165) is 17.3 Å². The van der Waals surface area contributed by atoms with E-state index in [9.17, 15) is 8.78 Å². The Bertz CT molecular complexity index is 693. The summed E-state index contributed by atoms with van der Waals surface area (Å²) in [5, 5.41) is 6.06. The lowest BCUT2D eigenvalue weighted by Gasteiger charge is -2.23. The predicted molar refractivity (Wildman–Crippen MR) is 91.3 cm³/mol. The van der Waals surface area contributed by atoms with E-state index in [-0.39, 0.29) is 16.2 Å². The largest absolute Gasteiger partial charge is 0.332 e. The van der Waals surface area contributed by atoms with Crippen LogP contribution in [0.1, 0.15) is 26.3 Å². The van der Waals surface area contributed by atoms with Crippen molar-refractivity contribution in [3.05, 3.63) is 59.7 Å². The standard InChI is InChI=1S/C17H18F2N2S/c1-17(2,3)12-6-4-5-7-14(12)20-16(22)21-15-9-8-11(18)10-13(15)19/h4-10H,1-3H3,(H2,20,21,22). The summed E-state index contributed by atoms with van der Waals surface area (Å²) >= 11 is 5.21. The minimum Gasteiger partial charge on any atom is -0.332 e. The Labute approximate surface area is 134 Å². The first-order valence-corrected chi connectivity index (χ1v) is 7.31. The average Bonchev–Trinajstić information content (AvgIpc) is 2.41. The maximum atomic E-state index is 13.6. The molecule has 2 aromatic carbocycles. The van der Waals surface area contributed by atoms with Crippen LogP contribution in [0.25, 0.3) is 0 Å². The Kier molecular flexibility index (Phi) is 4.76. The third-order valence-corrected chi connectivity index (χ3v) is 3.37. The van der Waals surface area contributed by atoms with Crippen LogP contribution in [0.3, 0.4) is 0 Å². The van der Waals surface area contributed by atoms with Gasteiger partial charge in [0.05, 0.1) is 5.69 Å². The van der Waals surface area contributed by atoms with E-state index in [2.05, 4.69) is 31.4 Å². The van der Waals surface area contributed by atoms with Crippen LogP contribution in [0, 0.1) is 11.6 Å². The molecule has 2 rings (SSSR count). The first-order valence-electron chi connectivity index (χ1n) is 6.90. The first-order chi connectivity index (χ1) is 10.3. The van der Waals surface area contributed by atoms with Gasteiger partial charge in [-0.1, -0.05) is 39.0 Å². The van der Waals surface area contributed by atoms with Crippen LogP contribution < -0.4 is 10.6 Å². The first kappa shape index (κ1) is 16.4. The van der Waals surface area contributed by atoms with Crippen molar-refractivity contribution in [1.82, 2.24) is 0 Å². The molecule has 0 aliphatic heterocycles.